The highest BCUT2D eigenvalue weighted by atomic mass is 16.3. The van der Waals surface area contributed by atoms with Gasteiger partial charge in [-0.2, -0.15) is 0 Å². The molecule has 0 heterocycles. The summed E-state index contributed by atoms with van der Waals surface area (Å²) in [5.74, 6) is 4.96. The van der Waals surface area contributed by atoms with Gasteiger partial charge in [-0.3, -0.25) is 4.90 Å². The molecule has 0 aliphatic heterocycles. The summed E-state index contributed by atoms with van der Waals surface area (Å²) in [7, 11) is 0. The fourth-order valence-electron chi connectivity index (χ4n) is 1.71. The van der Waals surface area contributed by atoms with E-state index in [1.54, 1.807) is 4.90 Å². The van der Waals surface area contributed by atoms with Gasteiger partial charge in [0.1, 0.15) is 0 Å². The molecule has 4 nitrogen and oxygen atoms in total. The van der Waals surface area contributed by atoms with Crippen LogP contribution in [0, 0.1) is 24.7 Å². The Morgan fingerprint density at radius 2 is 1.38 bits per heavy atom. The summed E-state index contributed by atoms with van der Waals surface area (Å²) in [6.07, 6.45) is 11.1. The number of terminal acetylenes is 2. The van der Waals surface area contributed by atoms with E-state index in [-0.39, 0.29) is 32.7 Å². The monoisotopic (exact) mass is 225 g/mol. The van der Waals surface area contributed by atoms with E-state index in [0.717, 1.165) is 0 Å². The van der Waals surface area contributed by atoms with Crippen LogP contribution in [-0.2, 0) is 0 Å². The van der Waals surface area contributed by atoms with Gasteiger partial charge in [-0.25, -0.2) is 0 Å². The summed E-state index contributed by atoms with van der Waals surface area (Å²) < 4.78 is 0. The normalized spacial score (nSPS) is 11.1. The van der Waals surface area contributed by atoms with E-state index in [2.05, 4.69) is 11.8 Å². The molecule has 16 heavy (non-hydrogen) atoms. The van der Waals surface area contributed by atoms with Crippen LogP contribution in [0.25, 0.3) is 0 Å². The first-order valence-corrected chi connectivity index (χ1v) is 5.15. The highest BCUT2D eigenvalue weighted by Gasteiger charge is 2.34. The van der Waals surface area contributed by atoms with E-state index in [1.807, 2.05) is 0 Å². The Hall–Kier alpha value is -1.04. The minimum Gasteiger partial charge on any atom is -0.395 e. The quantitative estimate of drug-likeness (QED) is 0.466. The van der Waals surface area contributed by atoms with Crippen LogP contribution in [0.4, 0.5) is 0 Å². The van der Waals surface area contributed by atoms with Crippen molar-refractivity contribution in [3.63, 3.8) is 0 Å². The fourth-order valence-corrected chi connectivity index (χ4v) is 1.71. The van der Waals surface area contributed by atoms with Crippen LogP contribution in [0.15, 0.2) is 0 Å². The highest BCUT2D eigenvalue weighted by molar-refractivity contribution is 5.07. The van der Waals surface area contributed by atoms with E-state index in [4.69, 9.17) is 23.1 Å². The second-order valence-corrected chi connectivity index (χ2v) is 3.58. The van der Waals surface area contributed by atoms with Crippen LogP contribution in [0.2, 0.25) is 0 Å². The van der Waals surface area contributed by atoms with Crippen molar-refractivity contribution in [1.29, 1.82) is 0 Å². The molecule has 0 unspecified atom stereocenters. The van der Waals surface area contributed by atoms with Crippen LogP contribution in [0.5, 0.6) is 0 Å². The smallest absolute Gasteiger partial charge is 0.0661 e. The van der Waals surface area contributed by atoms with E-state index < -0.39 is 5.54 Å². The molecule has 0 atom stereocenters. The Morgan fingerprint density at radius 1 is 0.938 bits per heavy atom. The van der Waals surface area contributed by atoms with Crippen LogP contribution in [0.1, 0.15) is 12.8 Å². The summed E-state index contributed by atoms with van der Waals surface area (Å²) in [6.45, 7) is 0.310. The molecule has 0 bridgehead atoms. The first-order chi connectivity index (χ1) is 7.70. The maximum atomic E-state index is 9.47. The molecule has 0 aliphatic carbocycles. The van der Waals surface area contributed by atoms with Gasteiger partial charge in [0.05, 0.1) is 25.4 Å². The zero-order valence-electron chi connectivity index (χ0n) is 9.39. The molecule has 0 aliphatic rings. The van der Waals surface area contributed by atoms with Gasteiger partial charge in [0.2, 0.25) is 0 Å². The van der Waals surface area contributed by atoms with Crippen LogP contribution in [0.3, 0.4) is 0 Å². The van der Waals surface area contributed by atoms with Crippen molar-refractivity contribution in [1.82, 2.24) is 4.90 Å². The molecule has 0 fully saturated rings. The lowest BCUT2D eigenvalue weighted by atomic mass is 9.90. The van der Waals surface area contributed by atoms with Crippen molar-refractivity contribution < 1.29 is 15.3 Å². The molecule has 3 N–H and O–H groups in total. The van der Waals surface area contributed by atoms with Gasteiger partial charge in [0.25, 0.3) is 0 Å². The zero-order valence-corrected chi connectivity index (χ0v) is 9.39. The molecule has 4 heteroatoms. The number of aliphatic hydroxyl groups excluding tert-OH is 3. The first kappa shape index (κ1) is 15.0. The van der Waals surface area contributed by atoms with Gasteiger partial charge in [-0.15, -0.1) is 24.7 Å². The van der Waals surface area contributed by atoms with E-state index in [1.165, 1.54) is 0 Å². The Balaban J connectivity index is 4.92. The van der Waals surface area contributed by atoms with E-state index >= 15 is 0 Å². The van der Waals surface area contributed by atoms with Crippen molar-refractivity contribution in [3.8, 4) is 24.7 Å². The van der Waals surface area contributed by atoms with E-state index in [0.29, 0.717) is 13.1 Å². The summed E-state index contributed by atoms with van der Waals surface area (Å²) in [5.41, 5.74) is -0.741. The second-order valence-electron chi connectivity index (χ2n) is 3.58. The van der Waals surface area contributed by atoms with Crippen LogP contribution < -0.4 is 0 Å². The summed E-state index contributed by atoms with van der Waals surface area (Å²) >= 11 is 0. The van der Waals surface area contributed by atoms with E-state index in [9.17, 15) is 5.11 Å². The lowest BCUT2D eigenvalue weighted by molar-refractivity contribution is 0.0135. The van der Waals surface area contributed by atoms with Crippen molar-refractivity contribution >= 4 is 0 Å². The van der Waals surface area contributed by atoms with Gasteiger partial charge < -0.3 is 15.3 Å². The van der Waals surface area contributed by atoms with Gasteiger partial charge in [-0.1, -0.05) is 0 Å². The Morgan fingerprint density at radius 3 is 1.62 bits per heavy atom. The third-order valence-corrected chi connectivity index (χ3v) is 2.57. The second kappa shape index (κ2) is 8.15. The predicted molar refractivity (Wildman–Crippen MR) is 62.5 cm³/mol. The highest BCUT2D eigenvalue weighted by Crippen LogP contribution is 2.22. The molecule has 0 radical (unpaired) electrons. The number of β-amino-alcohol motifs (C(OH)–C–C–N with tert-alkyl or cyclic N) is 2. The van der Waals surface area contributed by atoms with Crippen molar-refractivity contribution in [3.05, 3.63) is 0 Å². The molecule has 0 aromatic heterocycles. The van der Waals surface area contributed by atoms with Crippen molar-refractivity contribution in [2.75, 3.05) is 32.9 Å². The number of nitrogens with zero attached hydrogens (tertiary/aromatic N) is 1. The molecule has 0 rings (SSSR count). The Kier molecular flexibility index (Phi) is 7.62. The van der Waals surface area contributed by atoms with Crippen molar-refractivity contribution in [2.24, 2.45) is 0 Å². The molecular formula is C12H19NO3. The molecule has 90 valence electrons. The average molecular weight is 225 g/mol. The van der Waals surface area contributed by atoms with Gasteiger partial charge in [-0.05, 0) is 0 Å². The average Bonchev–Trinajstić information content (AvgIpc) is 2.28. The maximum absolute atomic E-state index is 9.47. The molecular weight excluding hydrogens is 206 g/mol. The SMILES string of the molecule is C#CCC(CO)(CC#C)N(CCO)CCO. The number of rotatable bonds is 8. The molecule has 0 aromatic rings. The standard InChI is InChI=1S/C12H19NO3/c1-3-5-12(11-16,6-4-2)13(7-9-14)8-10-15/h1-2,14-16H,5-11H2. The summed E-state index contributed by atoms with van der Waals surface area (Å²) in [5, 5.41) is 27.4. The minimum absolute atomic E-state index is 0.0725. The van der Waals surface area contributed by atoms with Gasteiger partial charge in [0.15, 0.2) is 0 Å². The van der Waals surface area contributed by atoms with Gasteiger partial charge >= 0.3 is 0 Å². The molecule has 0 aromatic carbocycles. The minimum atomic E-state index is -0.741. The lowest BCUT2D eigenvalue weighted by Crippen LogP contribution is -2.53. The topological polar surface area (TPSA) is 63.9 Å². The van der Waals surface area contributed by atoms with Gasteiger partial charge in [0, 0.05) is 25.9 Å². The van der Waals surface area contributed by atoms with Crippen LogP contribution in [-0.4, -0.2) is 58.7 Å². The Labute approximate surface area is 96.9 Å². The Bertz CT molecular complexity index is 242. The predicted octanol–water partition coefficient (Wildman–Crippen LogP) is -0.949. The number of hydrogen-bond acceptors (Lipinski definition) is 4. The maximum Gasteiger partial charge on any atom is 0.0661 e. The lowest BCUT2D eigenvalue weighted by Gasteiger charge is -2.40. The third kappa shape index (κ3) is 3.84. The molecule has 0 amide bonds. The summed E-state index contributed by atoms with van der Waals surface area (Å²) in [4.78, 5) is 1.74. The molecule has 0 saturated carbocycles. The summed E-state index contributed by atoms with van der Waals surface area (Å²) in [6, 6.07) is 0. The number of hydrogen-bond donors (Lipinski definition) is 3. The van der Waals surface area contributed by atoms with Crippen molar-refractivity contribution in [2.45, 2.75) is 18.4 Å². The van der Waals surface area contributed by atoms with Crippen LogP contribution >= 0.6 is 0 Å². The molecule has 0 saturated heterocycles. The molecule has 0 spiro atoms. The fraction of sp³-hybridized carbons (Fsp3) is 0.667. The first-order valence-electron chi connectivity index (χ1n) is 5.15. The zero-order chi connectivity index (χ0) is 12.4. The third-order valence-electron chi connectivity index (χ3n) is 2.57. The largest absolute Gasteiger partial charge is 0.395 e. The number of aliphatic hydroxyl groups is 3.